The van der Waals surface area contributed by atoms with Crippen LogP contribution in [0.4, 0.5) is 17.1 Å². The van der Waals surface area contributed by atoms with E-state index in [1.54, 1.807) is 0 Å². The largest absolute Gasteiger partial charge is 0.311 e. The van der Waals surface area contributed by atoms with Gasteiger partial charge in [0, 0.05) is 33.5 Å². The fourth-order valence-electron chi connectivity index (χ4n) is 12.3. The van der Waals surface area contributed by atoms with Crippen molar-refractivity contribution in [1.82, 2.24) is 4.57 Å². The average Bonchev–Trinajstić information content (AvgIpc) is 3.87. The van der Waals surface area contributed by atoms with Gasteiger partial charge >= 0.3 is 0 Å². The molecule has 14 aromatic rings. The van der Waals surface area contributed by atoms with Crippen molar-refractivity contribution in [3.05, 3.63) is 315 Å². The van der Waals surface area contributed by atoms with E-state index in [4.69, 9.17) is 0 Å². The summed E-state index contributed by atoms with van der Waals surface area (Å²) in [5.74, 6) is 0. The third kappa shape index (κ3) is 7.87. The van der Waals surface area contributed by atoms with Gasteiger partial charge < -0.3 is 9.47 Å². The number of benzene rings is 13. The molecule has 0 aliphatic carbocycles. The van der Waals surface area contributed by atoms with E-state index >= 15 is 0 Å². The van der Waals surface area contributed by atoms with Crippen molar-refractivity contribution in [2.45, 2.75) is 0 Å². The number of para-hydroxylation sites is 2. The molecule has 0 aliphatic rings. The van der Waals surface area contributed by atoms with Crippen LogP contribution in [0.3, 0.4) is 0 Å². The monoisotopic (exact) mass is 996 g/mol. The lowest BCUT2D eigenvalue weighted by Crippen LogP contribution is -2.74. The third-order valence-corrected chi connectivity index (χ3v) is 20.6. The lowest BCUT2D eigenvalue weighted by molar-refractivity contribution is 1.18. The highest BCUT2D eigenvalue weighted by Crippen LogP contribution is 2.44. The first kappa shape index (κ1) is 45.8. The first-order valence-electron chi connectivity index (χ1n) is 26.6. The van der Waals surface area contributed by atoms with E-state index < -0.39 is 8.07 Å². The summed E-state index contributed by atoms with van der Waals surface area (Å²) >= 11 is 0. The molecule has 0 spiro atoms. The number of rotatable bonds is 11. The van der Waals surface area contributed by atoms with Crippen LogP contribution in [0.1, 0.15) is 0 Å². The fourth-order valence-corrected chi connectivity index (χ4v) is 17.1. The van der Waals surface area contributed by atoms with Crippen LogP contribution < -0.4 is 25.6 Å². The molecule has 0 saturated carbocycles. The van der Waals surface area contributed by atoms with Crippen LogP contribution in [0.15, 0.2) is 315 Å². The number of hydrogen-bond acceptors (Lipinski definition) is 1. The summed E-state index contributed by atoms with van der Waals surface area (Å²) in [5, 5.41) is 12.9. The molecule has 0 amide bonds. The molecule has 3 heteroatoms. The number of aromatic nitrogens is 1. The Hall–Kier alpha value is -9.80. The minimum absolute atomic E-state index is 1.08. The van der Waals surface area contributed by atoms with Gasteiger partial charge in [-0.25, -0.2) is 0 Å². The minimum atomic E-state index is -2.74. The maximum Gasteiger partial charge on any atom is 0.179 e. The topological polar surface area (TPSA) is 8.17 Å². The smallest absolute Gasteiger partial charge is 0.179 e. The SMILES string of the molecule is c1ccc(-n2c3ccccc3c3c(-c4ccc(-c5ccc(N(c6ccc(-c7cccc8ccccc78)cc6)c6ccc([Si](c7ccccc7)(c7ccccc7)c7ccccc7)cc6)cc5)c5ccccc45)cccc32)cc1. The van der Waals surface area contributed by atoms with Gasteiger partial charge in [0.05, 0.1) is 11.0 Å². The van der Waals surface area contributed by atoms with Gasteiger partial charge in [0.15, 0.2) is 8.07 Å². The van der Waals surface area contributed by atoms with Crippen LogP contribution >= 0.6 is 0 Å². The Morgan fingerprint density at radius 3 is 1.22 bits per heavy atom. The van der Waals surface area contributed by atoms with E-state index in [0.29, 0.717) is 0 Å². The summed E-state index contributed by atoms with van der Waals surface area (Å²) in [4.78, 5) is 2.41. The molecule has 0 unspecified atom stereocenters. The molecule has 13 aromatic carbocycles. The molecule has 0 fully saturated rings. The van der Waals surface area contributed by atoms with Crippen molar-refractivity contribution in [2.24, 2.45) is 0 Å². The summed E-state index contributed by atoms with van der Waals surface area (Å²) in [5.41, 5.74) is 14.1. The summed E-state index contributed by atoms with van der Waals surface area (Å²) in [7, 11) is -2.74. The van der Waals surface area contributed by atoms with Crippen LogP contribution in [-0.2, 0) is 0 Å². The van der Waals surface area contributed by atoms with E-state index in [9.17, 15) is 0 Å². The Labute approximate surface area is 450 Å². The predicted octanol–water partition coefficient (Wildman–Crippen LogP) is 16.9. The minimum Gasteiger partial charge on any atom is -0.311 e. The molecule has 1 heterocycles. The van der Waals surface area contributed by atoms with Crippen molar-refractivity contribution < 1.29 is 0 Å². The van der Waals surface area contributed by atoms with Gasteiger partial charge in [-0.15, -0.1) is 0 Å². The molecule has 0 saturated heterocycles. The van der Waals surface area contributed by atoms with Crippen LogP contribution in [0.25, 0.3) is 82.4 Å². The zero-order chi connectivity index (χ0) is 51.1. The molecule has 0 bridgehead atoms. The highest BCUT2D eigenvalue weighted by atomic mass is 28.3. The van der Waals surface area contributed by atoms with Crippen molar-refractivity contribution in [1.29, 1.82) is 0 Å². The summed E-state index contributed by atoms with van der Waals surface area (Å²) in [6.45, 7) is 0. The van der Waals surface area contributed by atoms with Gasteiger partial charge in [0.25, 0.3) is 0 Å². The van der Waals surface area contributed by atoms with Crippen molar-refractivity contribution in [3.8, 4) is 39.1 Å². The maximum absolute atomic E-state index is 2.74. The van der Waals surface area contributed by atoms with Gasteiger partial charge in [-0.3, -0.25) is 0 Å². The standard InChI is InChI=1S/C74H52N2Si/c1-5-23-56(24-6-1)76-72-37-18-17-34-71(72)74-70(36-20-38-73(74)76)69-52-51-66(67-32-15-16-33-68(67)69)55-41-45-58(46-42-55)75(57-43-39-54(40-44-57)65-35-19-22-53-21-13-14-31-64(53)65)59-47-49-63(50-48-59)77(60-25-7-2-8-26-60,61-27-9-3-10-28-61)62-29-11-4-12-30-62/h1-52H. The maximum atomic E-state index is 2.41. The molecule has 0 N–H and O–H groups in total. The van der Waals surface area contributed by atoms with Crippen LogP contribution in [0, 0.1) is 0 Å². The molecule has 0 radical (unpaired) electrons. The van der Waals surface area contributed by atoms with E-state index in [2.05, 4.69) is 325 Å². The van der Waals surface area contributed by atoms with Crippen molar-refractivity contribution >= 4 is 89.2 Å². The van der Waals surface area contributed by atoms with E-state index in [1.165, 1.54) is 97.5 Å². The second-order valence-electron chi connectivity index (χ2n) is 19.9. The molecule has 1 aromatic heterocycles. The van der Waals surface area contributed by atoms with Crippen LogP contribution in [-0.4, -0.2) is 12.6 Å². The molecule has 0 atom stereocenters. The summed E-state index contributed by atoms with van der Waals surface area (Å²) in [6, 6.07) is 116. The fraction of sp³-hybridized carbons (Fsp3) is 0. The van der Waals surface area contributed by atoms with Gasteiger partial charge in [-0.2, -0.15) is 0 Å². The van der Waals surface area contributed by atoms with E-state index in [1.807, 2.05) is 0 Å². The number of fused-ring (bicyclic) bond motifs is 5. The van der Waals surface area contributed by atoms with Crippen LogP contribution in [0.2, 0.25) is 0 Å². The van der Waals surface area contributed by atoms with E-state index in [-0.39, 0.29) is 0 Å². The second-order valence-corrected chi connectivity index (χ2v) is 23.8. The molecule has 362 valence electrons. The Morgan fingerprint density at radius 1 is 0.247 bits per heavy atom. The lowest BCUT2D eigenvalue weighted by atomic mass is 9.90. The molecule has 0 aliphatic heterocycles. The Balaban J connectivity index is 0.888. The third-order valence-electron chi connectivity index (χ3n) is 15.8. The molecule has 14 rings (SSSR count). The average molecular weight is 997 g/mol. The Kier molecular flexibility index (Phi) is 11.6. The van der Waals surface area contributed by atoms with Crippen LogP contribution in [0.5, 0.6) is 0 Å². The zero-order valence-corrected chi connectivity index (χ0v) is 43.4. The number of hydrogen-bond donors (Lipinski definition) is 0. The second kappa shape index (κ2) is 19.5. The predicted molar refractivity (Wildman–Crippen MR) is 330 cm³/mol. The van der Waals surface area contributed by atoms with Crippen molar-refractivity contribution in [2.75, 3.05) is 4.90 Å². The Bertz CT molecular complexity index is 4300. The quantitative estimate of drug-likeness (QED) is 0.0926. The van der Waals surface area contributed by atoms with Gasteiger partial charge in [0.2, 0.25) is 0 Å². The van der Waals surface area contributed by atoms with Gasteiger partial charge in [0.1, 0.15) is 0 Å². The first-order valence-corrected chi connectivity index (χ1v) is 28.6. The first-order chi connectivity index (χ1) is 38.2. The normalized spacial score (nSPS) is 11.6. The number of nitrogens with zero attached hydrogens (tertiary/aromatic N) is 2. The highest BCUT2D eigenvalue weighted by molar-refractivity contribution is 7.19. The number of anilines is 3. The lowest BCUT2D eigenvalue weighted by Gasteiger charge is -2.35. The molecular weight excluding hydrogens is 945 g/mol. The molecular formula is C74H52N2Si. The summed E-state index contributed by atoms with van der Waals surface area (Å²) in [6.07, 6.45) is 0. The summed E-state index contributed by atoms with van der Waals surface area (Å²) < 4.78 is 2.40. The van der Waals surface area contributed by atoms with E-state index in [0.717, 1.165) is 22.7 Å². The van der Waals surface area contributed by atoms with Crippen molar-refractivity contribution in [3.63, 3.8) is 0 Å². The Morgan fingerprint density at radius 2 is 0.636 bits per heavy atom. The highest BCUT2D eigenvalue weighted by Gasteiger charge is 2.41. The van der Waals surface area contributed by atoms with Gasteiger partial charge in [-0.1, -0.05) is 255 Å². The van der Waals surface area contributed by atoms with Gasteiger partial charge in [-0.05, 0) is 136 Å². The molecule has 77 heavy (non-hydrogen) atoms. The zero-order valence-electron chi connectivity index (χ0n) is 42.4. The molecule has 2 nitrogen and oxygen atoms in total.